The fraction of sp³-hybridized carbons (Fsp3) is 0.933. The molecule has 4 nitrogen and oxygen atoms in total. The molecule has 0 radical (unpaired) electrons. The second-order valence-corrected chi connectivity index (χ2v) is 6.27. The van der Waals surface area contributed by atoms with E-state index in [0.717, 1.165) is 25.7 Å². The predicted molar refractivity (Wildman–Crippen MR) is 74.3 cm³/mol. The molecule has 1 heterocycles. The van der Waals surface area contributed by atoms with Gasteiger partial charge in [0.25, 0.3) is 0 Å². The number of rotatable bonds is 5. The number of amides is 1. The zero-order valence-electron chi connectivity index (χ0n) is 12.8. The number of carbonyl (C=O) groups is 1. The van der Waals surface area contributed by atoms with Crippen LogP contribution in [0.25, 0.3) is 0 Å². The van der Waals surface area contributed by atoms with Crippen LogP contribution in [0.3, 0.4) is 0 Å². The van der Waals surface area contributed by atoms with E-state index < -0.39 is 25.0 Å². The van der Waals surface area contributed by atoms with Crippen LogP contribution in [0.4, 0.5) is 13.2 Å². The van der Waals surface area contributed by atoms with E-state index in [1.165, 1.54) is 0 Å². The molecule has 0 spiro atoms. The van der Waals surface area contributed by atoms with E-state index in [1.807, 2.05) is 6.92 Å². The Balaban J connectivity index is 1.77. The zero-order valence-corrected chi connectivity index (χ0v) is 12.8. The van der Waals surface area contributed by atoms with Crippen LogP contribution in [-0.4, -0.2) is 43.5 Å². The van der Waals surface area contributed by atoms with Gasteiger partial charge >= 0.3 is 6.18 Å². The summed E-state index contributed by atoms with van der Waals surface area (Å²) < 4.78 is 47.4. The minimum absolute atomic E-state index is 0.0566. The van der Waals surface area contributed by atoms with Crippen molar-refractivity contribution in [3.8, 4) is 0 Å². The molecular weight excluding hydrogens is 299 g/mol. The number of halogens is 3. The standard InChI is InChI=1S/C15H24F3NO3/c1-10-6-7-13(22-10)14(20)19-8-11-4-2-3-5-12(11)21-9-15(16,17)18/h10-13H,2-9H2,1H3,(H,19,20). The molecule has 2 aliphatic rings. The van der Waals surface area contributed by atoms with Crippen LogP contribution < -0.4 is 5.32 Å². The molecule has 4 unspecified atom stereocenters. The van der Waals surface area contributed by atoms with Crippen molar-refractivity contribution in [3.63, 3.8) is 0 Å². The number of nitrogens with one attached hydrogen (secondary N) is 1. The maximum absolute atomic E-state index is 12.3. The molecule has 2 fully saturated rings. The van der Waals surface area contributed by atoms with Crippen molar-refractivity contribution < 1.29 is 27.4 Å². The topological polar surface area (TPSA) is 47.6 Å². The minimum atomic E-state index is -4.31. The molecule has 22 heavy (non-hydrogen) atoms. The molecule has 0 bridgehead atoms. The number of hydrogen-bond acceptors (Lipinski definition) is 3. The third-order valence-electron chi connectivity index (χ3n) is 4.36. The number of alkyl halides is 3. The molecule has 0 aromatic heterocycles. The lowest BCUT2D eigenvalue weighted by Crippen LogP contribution is -2.42. The van der Waals surface area contributed by atoms with Crippen molar-refractivity contribution in [1.82, 2.24) is 5.32 Å². The lowest BCUT2D eigenvalue weighted by Gasteiger charge is -2.32. The molecule has 1 amide bonds. The Hall–Kier alpha value is -0.820. The average molecular weight is 323 g/mol. The summed E-state index contributed by atoms with van der Waals surface area (Å²) in [4.78, 5) is 12.0. The van der Waals surface area contributed by atoms with Gasteiger partial charge < -0.3 is 14.8 Å². The van der Waals surface area contributed by atoms with Gasteiger partial charge in [-0.3, -0.25) is 4.79 Å². The first kappa shape index (κ1) is 17.5. The molecule has 1 N–H and O–H groups in total. The minimum Gasteiger partial charge on any atom is -0.368 e. The van der Waals surface area contributed by atoms with Gasteiger partial charge in [0.1, 0.15) is 12.7 Å². The number of hydrogen-bond donors (Lipinski definition) is 1. The fourth-order valence-corrected chi connectivity index (χ4v) is 3.17. The number of carbonyl (C=O) groups excluding carboxylic acids is 1. The smallest absolute Gasteiger partial charge is 0.368 e. The Kier molecular flexibility index (Phi) is 6.09. The normalized spacial score (nSPS) is 32.9. The van der Waals surface area contributed by atoms with Crippen molar-refractivity contribution in [1.29, 1.82) is 0 Å². The Morgan fingerprint density at radius 3 is 2.59 bits per heavy atom. The summed E-state index contributed by atoms with van der Waals surface area (Å²) >= 11 is 0. The van der Waals surface area contributed by atoms with E-state index in [0.29, 0.717) is 19.4 Å². The fourth-order valence-electron chi connectivity index (χ4n) is 3.17. The average Bonchev–Trinajstić information content (AvgIpc) is 2.89. The summed E-state index contributed by atoms with van der Waals surface area (Å²) in [7, 11) is 0. The van der Waals surface area contributed by atoms with E-state index in [2.05, 4.69) is 5.32 Å². The Labute approximate surface area is 128 Å². The van der Waals surface area contributed by atoms with Gasteiger partial charge in [-0.25, -0.2) is 0 Å². The van der Waals surface area contributed by atoms with E-state index in [9.17, 15) is 18.0 Å². The molecule has 2 rings (SSSR count). The quantitative estimate of drug-likeness (QED) is 0.846. The highest BCUT2D eigenvalue weighted by Crippen LogP contribution is 2.28. The van der Waals surface area contributed by atoms with Gasteiger partial charge in [-0.2, -0.15) is 13.2 Å². The molecule has 128 valence electrons. The summed E-state index contributed by atoms with van der Waals surface area (Å²) in [6.07, 6.45) is -0.276. The summed E-state index contributed by atoms with van der Waals surface area (Å²) in [6, 6.07) is 0. The highest BCUT2D eigenvalue weighted by atomic mass is 19.4. The Morgan fingerprint density at radius 2 is 1.95 bits per heavy atom. The summed E-state index contributed by atoms with van der Waals surface area (Å²) in [6.45, 7) is 1.07. The lowest BCUT2D eigenvalue weighted by molar-refractivity contribution is -0.193. The molecule has 0 aromatic carbocycles. The molecule has 1 saturated carbocycles. The first-order valence-corrected chi connectivity index (χ1v) is 7.96. The van der Waals surface area contributed by atoms with Crippen molar-refractivity contribution in [2.45, 2.75) is 69.9 Å². The van der Waals surface area contributed by atoms with Crippen molar-refractivity contribution in [2.24, 2.45) is 5.92 Å². The van der Waals surface area contributed by atoms with Gasteiger partial charge in [0, 0.05) is 12.5 Å². The molecule has 1 aliphatic heterocycles. The highest BCUT2D eigenvalue weighted by molar-refractivity contribution is 5.81. The first-order valence-electron chi connectivity index (χ1n) is 7.96. The van der Waals surface area contributed by atoms with Crippen LogP contribution in [0.2, 0.25) is 0 Å². The Morgan fingerprint density at radius 1 is 1.23 bits per heavy atom. The largest absolute Gasteiger partial charge is 0.411 e. The van der Waals surface area contributed by atoms with Crippen molar-refractivity contribution in [2.75, 3.05) is 13.2 Å². The van der Waals surface area contributed by atoms with Crippen LogP contribution >= 0.6 is 0 Å². The van der Waals surface area contributed by atoms with E-state index in [4.69, 9.17) is 9.47 Å². The summed E-state index contributed by atoms with van der Waals surface area (Å²) in [5, 5.41) is 2.82. The van der Waals surface area contributed by atoms with Crippen molar-refractivity contribution in [3.05, 3.63) is 0 Å². The van der Waals surface area contributed by atoms with Crippen LogP contribution in [0, 0.1) is 5.92 Å². The predicted octanol–water partition coefficient (Wildman–Crippen LogP) is 2.81. The zero-order chi connectivity index (χ0) is 16.2. The Bertz CT molecular complexity index is 376. The first-order chi connectivity index (χ1) is 10.3. The second kappa shape index (κ2) is 7.64. The maximum atomic E-state index is 12.3. The van der Waals surface area contributed by atoms with Gasteiger partial charge in [-0.05, 0) is 32.6 Å². The van der Waals surface area contributed by atoms with Gasteiger partial charge in [0.2, 0.25) is 5.91 Å². The number of ether oxygens (including phenoxy) is 2. The van der Waals surface area contributed by atoms with Crippen LogP contribution in [-0.2, 0) is 14.3 Å². The van der Waals surface area contributed by atoms with Gasteiger partial charge in [0.05, 0.1) is 12.2 Å². The third kappa shape index (κ3) is 5.43. The molecule has 4 atom stereocenters. The van der Waals surface area contributed by atoms with Crippen LogP contribution in [0.1, 0.15) is 45.4 Å². The van der Waals surface area contributed by atoms with Gasteiger partial charge in [-0.1, -0.05) is 12.8 Å². The highest BCUT2D eigenvalue weighted by Gasteiger charge is 2.34. The maximum Gasteiger partial charge on any atom is 0.411 e. The van der Waals surface area contributed by atoms with E-state index >= 15 is 0 Å². The summed E-state index contributed by atoms with van der Waals surface area (Å²) in [5.41, 5.74) is 0. The van der Waals surface area contributed by atoms with Crippen LogP contribution in [0.5, 0.6) is 0 Å². The van der Waals surface area contributed by atoms with Gasteiger partial charge in [0.15, 0.2) is 0 Å². The van der Waals surface area contributed by atoms with Gasteiger partial charge in [-0.15, -0.1) is 0 Å². The molecule has 1 saturated heterocycles. The van der Waals surface area contributed by atoms with Crippen LogP contribution in [0.15, 0.2) is 0 Å². The van der Waals surface area contributed by atoms with Crippen molar-refractivity contribution >= 4 is 5.91 Å². The monoisotopic (exact) mass is 323 g/mol. The summed E-state index contributed by atoms with van der Waals surface area (Å²) in [5.74, 6) is -0.219. The molecule has 0 aromatic rings. The molecule has 1 aliphatic carbocycles. The third-order valence-corrected chi connectivity index (χ3v) is 4.36. The lowest BCUT2D eigenvalue weighted by atomic mass is 9.86. The van der Waals surface area contributed by atoms with E-state index in [1.54, 1.807) is 0 Å². The van der Waals surface area contributed by atoms with E-state index in [-0.39, 0.29) is 17.9 Å². The second-order valence-electron chi connectivity index (χ2n) is 6.27. The SMILES string of the molecule is CC1CCC(C(=O)NCC2CCCCC2OCC(F)(F)F)O1. The molecular formula is C15H24F3NO3. The molecule has 7 heteroatoms.